The maximum absolute atomic E-state index is 13.6. The zero-order valence-corrected chi connectivity index (χ0v) is 19.3. The van der Waals surface area contributed by atoms with Crippen LogP contribution < -0.4 is 10.2 Å². The molecule has 1 N–H and O–H groups in total. The molecule has 0 aliphatic carbocycles. The Bertz CT molecular complexity index is 1400. The molecular formula is C25H23N3O5S. The third-order valence-corrected chi connectivity index (χ3v) is 7.42. The van der Waals surface area contributed by atoms with Crippen LogP contribution in [0.1, 0.15) is 13.3 Å². The molecule has 8 nitrogen and oxygen atoms in total. The minimum atomic E-state index is -4.11. The van der Waals surface area contributed by atoms with E-state index in [4.69, 9.17) is 0 Å². The van der Waals surface area contributed by atoms with Gasteiger partial charge in [0.2, 0.25) is 21.8 Å². The van der Waals surface area contributed by atoms with Crippen molar-refractivity contribution in [3.63, 3.8) is 0 Å². The van der Waals surface area contributed by atoms with E-state index in [2.05, 4.69) is 11.9 Å². The van der Waals surface area contributed by atoms with Crippen LogP contribution in [0.5, 0.6) is 0 Å². The lowest BCUT2D eigenvalue weighted by Crippen LogP contribution is -2.45. The highest BCUT2D eigenvalue weighted by atomic mass is 32.2. The van der Waals surface area contributed by atoms with E-state index >= 15 is 0 Å². The summed E-state index contributed by atoms with van der Waals surface area (Å²) < 4.78 is 28.1. The first-order valence-corrected chi connectivity index (χ1v) is 12.0. The molecule has 0 saturated carbocycles. The number of hydrogen-bond donors (Lipinski definition) is 1. The Hall–Kier alpha value is -3.82. The van der Waals surface area contributed by atoms with Crippen LogP contribution >= 0.6 is 0 Å². The molecule has 4 rings (SSSR count). The predicted molar refractivity (Wildman–Crippen MR) is 130 cm³/mol. The molecule has 174 valence electrons. The van der Waals surface area contributed by atoms with Gasteiger partial charge in [-0.1, -0.05) is 36.4 Å². The average molecular weight is 478 g/mol. The van der Waals surface area contributed by atoms with Gasteiger partial charge in [-0.25, -0.2) is 13.3 Å². The van der Waals surface area contributed by atoms with Crippen molar-refractivity contribution in [3.05, 3.63) is 79.4 Å². The quantitative estimate of drug-likeness (QED) is 0.415. The Balaban J connectivity index is 1.66. The second-order valence-corrected chi connectivity index (χ2v) is 9.78. The number of fused-ring (bicyclic) bond motifs is 1. The van der Waals surface area contributed by atoms with Crippen molar-refractivity contribution in [1.29, 1.82) is 0 Å². The molecule has 0 aromatic heterocycles. The van der Waals surface area contributed by atoms with E-state index in [-0.39, 0.29) is 23.8 Å². The first-order valence-electron chi connectivity index (χ1n) is 10.6. The van der Waals surface area contributed by atoms with Crippen LogP contribution in [0.3, 0.4) is 0 Å². The highest BCUT2D eigenvalue weighted by Gasteiger charge is 2.46. The second kappa shape index (κ2) is 9.20. The van der Waals surface area contributed by atoms with E-state index in [1.807, 2.05) is 24.3 Å². The van der Waals surface area contributed by atoms with Gasteiger partial charge in [-0.05, 0) is 47.2 Å². The van der Waals surface area contributed by atoms with Gasteiger partial charge in [0.05, 0.1) is 17.0 Å². The summed E-state index contributed by atoms with van der Waals surface area (Å²) in [5, 5.41) is 4.25. The molecule has 0 spiro atoms. The van der Waals surface area contributed by atoms with Crippen molar-refractivity contribution < 1.29 is 22.8 Å². The molecule has 0 bridgehead atoms. The molecule has 1 saturated heterocycles. The van der Waals surface area contributed by atoms with Crippen LogP contribution in [-0.4, -0.2) is 43.0 Å². The molecule has 34 heavy (non-hydrogen) atoms. The summed E-state index contributed by atoms with van der Waals surface area (Å²) in [6.45, 7) is 4.87. The number of nitrogens with one attached hydrogen (secondary N) is 1. The molecule has 1 aliphatic rings. The van der Waals surface area contributed by atoms with Crippen LogP contribution in [0.4, 0.5) is 11.4 Å². The van der Waals surface area contributed by atoms with Crippen LogP contribution in [0.15, 0.2) is 84.3 Å². The Kier molecular flexibility index (Phi) is 6.32. The van der Waals surface area contributed by atoms with E-state index in [9.17, 15) is 22.8 Å². The van der Waals surface area contributed by atoms with Crippen LogP contribution in [0.2, 0.25) is 0 Å². The van der Waals surface area contributed by atoms with Crippen molar-refractivity contribution in [2.45, 2.75) is 24.3 Å². The number of hydrogen-bond acceptors (Lipinski definition) is 5. The third-order valence-electron chi connectivity index (χ3n) is 5.55. The molecule has 3 amide bonds. The summed E-state index contributed by atoms with van der Waals surface area (Å²) in [7, 11) is -4.11. The highest BCUT2D eigenvalue weighted by Crippen LogP contribution is 2.31. The number of anilines is 2. The van der Waals surface area contributed by atoms with Crippen LogP contribution in [0.25, 0.3) is 10.8 Å². The molecule has 1 aliphatic heterocycles. The fraction of sp³-hybridized carbons (Fsp3) is 0.160. The number of carbonyl (C=O) groups is 3. The third kappa shape index (κ3) is 4.35. The van der Waals surface area contributed by atoms with E-state index in [0.717, 1.165) is 20.0 Å². The second-order valence-electron chi connectivity index (χ2n) is 7.89. The summed E-state index contributed by atoms with van der Waals surface area (Å²) in [6, 6.07) is 17.1. The number of nitrogens with zero attached hydrogens (tertiary/aromatic N) is 2. The highest BCUT2D eigenvalue weighted by molar-refractivity contribution is 7.89. The van der Waals surface area contributed by atoms with E-state index in [0.29, 0.717) is 11.4 Å². The van der Waals surface area contributed by atoms with Gasteiger partial charge < -0.3 is 5.32 Å². The fourth-order valence-corrected chi connectivity index (χ4v) is 5.58. The lowest BCUT2D eigenvalue weighted by Gasteiger charge is -2.26. The topological polar surface area (TPSA) is 104 Å². The number of imide groups is 1. The molecular weight excluding hydrogens is 454 g/mol. The van der Waals surface area contributed by atoms with Gasteiger partial charge in [-0.2, -0.15) is 4.31 Å². The van der Waals surface area contributed by atoms with E-state index < -0.39 is 27.9 Å². The fourth-order valence-electron chi connectivity index (χ4n) is 3.99. The molecule has 3 aromatic rings. The lowest BCUT2D eigenvalue weighted by molar-refractivity contribution is -0.122. The number of sulfonamides is 1. The maximum atomic E-state index is 13.6. The molecule has 9 heteroatoms. The molecule has 1 unspecified atom stereocenters. The Labute approximate surface area is 197 Å². The summed E-state index contributed by atoms with van der Waals surface area (Å²) >= 11 is 0. The van der Waals surface area contributed by atoms with Crippen molar-refractivity contribution in [1.82, 2.24) is 4.31 Å². The summed E-state index contributed by atoms with van der Waals surface area (Å²) in [5.74, 6) is -1.39. The van der Waals surface area contributed by atoms with E-state index in [1.165, 1.54) is 31.2 Å². The van der Waals surface area contributed by atoms with Gasteiger partial charge in [0.15, 0.2) is 0 Å². The van der Waals surface area contributed by atoms with Crippen molar-refractivity contribution in [2.24, 2.45) is 0 Å². The summed E-state index contributed by atoms with van der Waals surface area (Å²) in [6.07, 6.45) is 1.11. The normalized spacial score (nSPS) is 16.3. The van der Waals surface area contributed by atoms with Gasteiger partial charge in [-0.3, -0.25) is 14.4 Å². The van der Waals surface area contributed by atoms with Crippen molar-refractivity contribution in [3.8, 4) is 0 Å². The number of amides is 3. The standard InChI is InChI=1S/C25H23N3O5S/c1-3-14-27(34(32,33)22-13-8-18-6-4-5-7-19(18)15-22)23-16-24(30)28(25(23)31)21-11-9-20(10-12-21)26-17(2)29/h3-13,15,23H,1,14,16H2,2H3,(H,26,29). The first-order chi connectivity index (χ1) is 16.2. The van der Waals surface area contributed by atoms with Crippen molar-refractivity contribution in [2.75, 3.05) is 16.8 Å². The summed E-state index contributed by atoms with van der Waals surface area (Å²) in [4.78, 5) is 38.3. The van der Waals surface area contributed by atoms with E-state index in [1.54, 1.807) is 24.3 Å². The number of benzene rings is 3. The van der Waals surface area contributed by atoms with Gasteiger partial charge >= 0.3 is 0 Å². The smallest absolute Gasteiger partial charge is 0.252 e. The zero-order chi connectivity index (χ0) is 24.5. The monoisotopic (exact) mass is 477 g/mol. The molecule has 1 heterocycles. The maximum Gasteiger partial charge on any atom is 0.252 e. The van der Waals surface area contributed by atoms with Crippen molar-refractivity contribution >= 4 is 49.9 Å². The largest absolute Gasteiger partial charge is 0.326 e. The Morgan fingerprint density at radius 1 is 1.09 bits per heavy atom. The van der Waals surface area contributed by atoms with Gasteiger partial charge in [0, 0.05) is 19.2 Å². The average Bonchev–Trinajstić information content (AvgIpc) is 3.10. The van der Waals surface area contributed by atoms with Gasteiger partial charge in [-0.15, -0.1) is 6.58 Å². The number of rotatable bonds is 7. The van der Waals surface area contributed by atoms with Gasteiger partial charge in [0.25, 0.3) is 5.91 Å². The molecule has 0 radical (unpaired) electrons. The Morgan fingerprint density at radius 2 is 1.76 bits per heavy atom. The lowest BCUT2D eigenvalue weighted by atomic mass is 10.1. The zero-order valence-electron chi connectivity index (χ0n) is 18.5. The minimum absolute atomic E-state index is 0.0337. The van der Waals surface area contributed by atoms with Crippen LogP contribution in [-0.2, 0) is 24.4 Å². The molecule has 3 aromatic carbocycles. The molecule has 1 atom stereocenters. The van der Waals surface area contributed by atoms with Gasteiger partial charge in [0.1, 0.15) is 6.04 Å². The summed E-state index contributed by atoms with van der Waals surface area (Å²) in [5.41, 5.74) is 0.812. The van der Waals surface area contributed by atoms with Crippen LogP contribution in [0, 0.1) is 0 Å². The predicted octanol–water partition coefficient (Wildman–Crippen LogP) is 3.31. The first kappa shape index (κ1) is 23.3. The molecule has 1 fully saturated rings. The SMILES string of the molecule is C=CCN(C1CC(=O)N(c2ccc(NC(C)=O)cc2)C1=O)S(=O)(=O)c1ccc2ccccc2c1. The number of carbonyl (C=O) groups excluding carboxylic acids is 3. The minimum Gasteiger partial charge on any atom is -0.326 e. The Morgan fingerprint density at radius 3 is 2.41 bits per heavy atom.